The van der Waals surface area contributed by atoms with Crippen molar-refractivity contribution in [1.82, 2.24) is 0 Å². The van der Waals surface area contributed by atoms with Gasteiger partial charge in [-0.25, -0.2) is 0 Å². The number of allylic oxidation sites excluding steroid dienone is 3. The van der Waals surface area contributed by atoms with Crippen LogP contribution in [0.1, 0.15) is 60.4 Å². The van der Waals surface area contributed by atoms with Crippen LogP contribution in [0, 0.1) is 37.5 Å². The fourth-order valence-electron chi connectivity index (χ4n) is 6.03. The molecule has 0 aromatic heterocycles. The summed E-state index contributed by atoms with van der Waals surface area (Å²) in [5, 5.41) is 11.7. The van der Waals surface area contributed by atoms with Crippen molar-refractivity contribution in [3.63, 3.8) is 0 Å². The number of hydrogen-bond acceptors (Lipinski definition) is 5. The van der Waals surface area contributed by atoms with Gasteiger partial charge in [-0.2, -0.15) is 5.26 Å². The molecule has 3 aromatic carbocycles. The Hall–Kier alpha value is -3.72. The van der Waals surface area contributed by atoms with Gasteiger partial charge in [0.25, 0.3) is 0 Å². The monoisotopic (exact) mass is 585 g/mol. The second-order valence-corrected chi connectivity index (χ2v) is 12.5. The van der Waals surface area contributed by atoms with E-state index in [0.29, 0.717) is 45.6 Å². The van der Waals surface area contributed by atoms with Crippen LogP contribution < -0.4 is 15.4 Å². The standard InChI is InChI=1S/C34H33Cl2N3O2/c1-19-13-20(2)23(14-22(19)18-41-30-12-7-6-9-26(30)36)31-24(17-37)33(38)39(27-11-8-10-25(35)21(27)3)28-15-34(4,5)16-29(40)32(28)31/h6-14,31H,15-16,18,38H2,1-5H3. The molecule has 0 saturated carbocycles. The third kappa shape index (κ3) is 5.23. The highest BCUT2D eigenvalue weighted by molar-refractivity contribution is 6.32. The Morgan fingerprint density at radius 2 is 1.73 bits per heavy atom. The summed E-state index contributed by atoms with van der Waals surface area (Å²) in [6, 6.07) is 19.5. The largest absolute Gasteiger partial charge is 0.487 e. The normalized spacial score (nSPS) is 18.3. The topological polar surface area (TPSA) is 79.4 Å². The molecule has 7 heteroatoms. The first kappa shape index (κ1) is 28.8. The molecule has 0 amide bonds. The lowest BCUT2D eigenvalue weighted by Crippen LogP contribution is -2.42. The van der Waals surface area contributed by atoms with Crippen molar-refractivity contribution in [1.29, 1.82) is 5.26 Å². The quantitative estimate of drug-likeness (QED) is 0.325. The van der Waals surface area contributed by atoms with Gasteiger partial charge in [-0.3, -0.25) is 9.69 Å². The predicted octanol–water partition coefficient (Wildman–Crippen LogP) is 8.44. The van der Waals surface area contributed by atoms with Gasteiger partial charge in [0, 0.05) is 22.7 Å². The van der Waals surface area contributed by atoms with Crippen LogP contribution in [0.4, 0.5) is 5.69 Å². The minimum absolute atomic E-state index is 0.0278. The number of carbonyl (C=O) groups is 1. The van der Waals surface area contributed by atoms with E-state index < -0.39 is 5.92 Å². The maximum Gasteiger partial charge on any atom is 0.162 e. The summed E-state index contributed by atoms with van der Waals surface area (Å²) in [6.07, 6.45) is 1.01. The van der Waals surface area contributed by atoms with Crippen LogP contribution in [-0.4, -0.2) is 5.78 Å². The molecule has 0 bridgehead atoms. The number of ketones is 1. The van der Waals surface area contributed by atoms with Gasteiger partial charge < -0.3 is 10.5 Å². The minimum Gasteiger partial charge on any atom is -0.487 e. The van der Waals surface area contributed by atoms with Crippen molar-refractivity contribution in [3.8, 4) is 11.8 Å². The number of nitrogens with zero attached hydrogens (tertiary/aromatic N) is 2. The zero-order valence-corrected chi connectivity index (χ0v) is 25.5. The van der Waals surface area contributed by atoms with Crippen LogP contribution in [-0.2, 0) is 11.4 Å². The number of para-hydroxylation sites is 1. The van der Waals surface area contributed by atoms with E-state index in [1.807, 2.05) is 62.1 Å². The lowest BCUT2D eigenvalue weighted by Gasteiger charge is -2.44. The number of ether oxygens (including phenoxy) is 1. The Labute approximate surface area is 251 Å². The molecule has 1 aliphatic heterocycles. The second-order valence-electron chi connectivity index (χ2n) is 11.7. The van der Waals surface area contributed by atoms with Gasteiger partial charge in [-0.1, -0.05) is 67.4 Å². The highest BCUT2D eigenvalue weighted by atomic mass is 35.5. The number of nitrogens with two attached hydrogens (primary N) is 1. The second kappa shape index (κ2) is 10.9. The van der Waals surface area contributed by atoms with Gasteiger partial charge in [0.1, 0.15) is 18.2 Å². The number of nitriles is 1. The maximum absolute atomic E-state index is 14.0. The lowest BCUT2D eigenvalue weighted by molar-refractivity contribution is -0.118. The van der Waals surface area contributed by atoms with Crippen molar-refractivity contribution < 1.29 is 9.53 Å². The Morgan fingerprint density at radius 3 is 2.44 bits per heavy atom. The number of rotatable bonds is 5. The van der Waals surface area contributed by atoms with Gasteiger partial charge >= 0.3 is 0 Å². The average Bonchev–Trinajstić information content (AvgIpc) is 2.90. The van der Waals surface area contributed by atoms with Gasteiger partial charge in [0.2, 0.25) is 0 Å². The van der Waals surface area contributed by atoms with Crippen molar-refractivity contribution in [2.45, 2.75) is 60.0 Å². The number of Topliss-reactive ketones (excluding diaryl/α,β-unsaturated/α-hetero) is 1. The SMILES string of the molecule is Cc1cc(C)c(C2C(C#N)=C(N)N(c3cccc(Cl)c3C)C3=C2C(=O)CC(C)(C)C3)cc1COc1ccccc1Cl. The van der Waals surface area contributed by atoms with Gasteiger partial charge in [0.15, 0.2) is 5.78 Å². The molecule has 0 fully saturated rings. The molecule has 0 spiro atoms. The number of anilines is 1. The van der Waals surface area contributed by atoms with Gasteiger partial charge in [-0.15, -0.1) is 0 Å². The molecule has 5 rings (SSSR count). The molecule has 1 aliphatic carbocycles. The first-order valence-corrected chi connectivity index (χ1v) is 14.4. The molecule has 1 heterocycles. The van der Waals surface area contributed by atoms with Crippen LogP contribution in [0.2, 0.25) is 10.0 Å². The molecule has 2 aliphatic rings. The summed E-state index contributed by atoms with van der Waals surface area (Å²) in [6.45, 7) is 10.4. The number of halogens is 2. The number of hydrogen-bond donors (Lipinski definition) is 1. The fraction of sp³-hybridized carbons (Fsp3) is 0.294. The van der Waals surface area contributed by atoms with E-state index in [1.165, 1.54) is 0 Å². The van der Waals surface area contributed by atoms with E-state index in [1.54, 1.807) is 6.07 Å². The van der Waals surface area contributed by atoms with Crippen LogP contribution in [0.5, 0.6) is 5.75 Å². The van der Waals surface area contributed by atoms with E-state index in [4.69, 9.17) is 33.7 Å². The Morgan fingerprint density at radius 1 is 1.02 bits per heavy atom. The third-order valence-electron chi connectivity index (χ3n) is 8.12. The number of carbonyl (C=O) groups excluding carboxylic acids is 1. The fourth-order valence-corrected chi connectivity index (χ4v) is 6.39. The minimum atomic E-state index is -0.589. The molecular weight excluding hydrogens is 553 g/mol. The molecule has 3 aromatic rings. The molecule has 1 unspecified atom stereocenters. The number of aryl methyl sites for hydroxylation is 2. The molecular formula is C34H33Cl2N3O2. The zero-order chi connectivity index (χ0) is 29.6. The van der Waals surface area contributed by atoms with Crippen molar-refractivity contribution in [2.24, 2.45) is 11.1 Å². The Bertz CT molecular complexity index is 1680. The zero-order valence-electron chi connectivity index (χ0n) is 23.9. The van der Waals surface area contributed by atoms with Gasteiger partial charge in [0.05, 0.1) is 28.3 Å². The smallest absolute Gasteiger partial charge is 0.162 e. The average molecular weight is 587 g/mol. The maximum atomic E-state index is 14.0. The summed E-state index contributed by atoms with van der Waals surface area (Å²) in [4.78, 5) is 15.9. The van der Waals surface area contributed by atoms with E-state index in [2.05, 4.69) is 32.0 Å². The third-order valence-corrected chi connectivity index (χ3v) is 8.84. The van der Waals surface area contributed by atoms with Gasteiger partial charge in [-0.05, 0) is 84.7 Å². The highest BCUT2D eigenvalue weighted by Crippen LogP contribution is 2.51. The highest BCUT2D eigenvalue weighted by Gasteiger charge is 2.45. The van der Waals surface area contributed by atoms with E-state index in [9.17, 15) is 10.1 Å². The summed E-state index contributed by atoms with van der Waals surface area (Å²) >= 11 is 12.8. The molecule has 2 N–H and O–H groups in total. The first-order chi connectivity index (χ1) is 19.4. The van der Waals surface area contributed by atoms with Crippen LogP contribution in [0.15, 0.2) is 77.3 Å². The summed E-state index contributed by atoms with van der Waals surface area (Å²) in [5.41, 5.74) is 13.9. The van der Waals surface area contributed by atoms with Crippen LogP contribution >= 0.6 is 23.2 Å². The molecule has 5 nitrogen and oxygen atoms in total. The van der Waals surface area contributed by atoms with Crippen molar-refractivity contribution >= 4 is 34.7 Å². The van der Waals surface area contributed by atoms with Crippen LogP contribution in [0.25, 0.3) is 0 Å². The van der Waals surface area contributed by atoms with Crippen LogP contribution in [0.3, 0.4) is 0 Å². The van der Waals surface area contributed by atoms with Crippen molar-refractivity contribution in [3.05, 3.63) is 115 Å². The Balaban J connectivity index is 1.69. The molecule has 41 heavy (non-hydrogen) atoms. The van der Waals surface area contributed by atoms with E-state index in [0.717, 1.165) is 39.2 Å². The lowest BCUT2D eigenvalue weighted by atomic mass is 9.68. The molecule has 0 radical (unpaired) electrons. The summed E-state index contributed by atoms with van der Waals surface area (Å²) in [5.74, 6) is 0.354. The Kier molecular flexibility index (Phi) is 7.68. The van der Waals surface area contributed by atoms with E-state index >= 15 is 0 Å². The molecule has 210 valence electrons. The van der Waals surface area contributed by atoms with E-state index in [-0.39, 0.29) is 17.8 Å². The molecule has 1 atom stereocenters. The summed E-state index contributed by atoms with van der Waals surface area (Å²) < 4.78 is 6.08. The predicted molar refractivity (Wildman–Crippen MR) is 165 cm³/mol. The van der Waals surface area contributed by atoms with Crippen molar-refractivity contribution in [2.75, 3.05) is 4.90 Å². The first-order valence-electron chi connectivity index (χ1n) is 13.6. The summed E-state index contributed by atoms with van der Waals surface area (Å²) in [7, 11) is 0. The molecule has 0 saturated heterocycles. The number of benzene rings is 3.